The van der Waals surface area contributed by atoms with Gasteiger partial charge in [0.05, 0.1) is 0 Å². The zero-order chi connectivity index (χ0) is 16.8. The summed E-state index contributed by atoms with van der Waals surface area (Å²) in [6.07, 6.45) is 17.7. The molecule has 1 rings (SSSR count). The molecular weight excluding hydrogens is 286 g/mol. The van der Waals surface area contributed by atoms with Crippen LogP contribution in [0.25, 0.3) is 0 Å². The Bertz CT molecular complexity index is 287. The first kappa shape index (κ1) is 20.5. The van der Waals surface area contributed by atoms with Crippen molar-refractivity contribution in [3.63, 3.8) is 0 Å². The number of ether oxygens (including phenoxy) is 1. The fraction of sp³-hybridized carbons (Fsp3) is 0.950. The van der Waals surface area contributed by atoms with E-state index < -0.39 is 0 Å². The first-order valence-electron chi connectivity index (χ1n) is 10.2. The Morgan fingerprint density at radius 1 is 1.00 bits per heavy atom. The molecule has 136 valence electrons. The molecule has 3 nitrogen and oxygen atoms in total. The second-order valence-corrected chi connectivity index (χ2v) is 7.09. The van der Waals surface area contributed by atoms with Gasteiger partial charge in [-0.3, -0.25) is 4.79 Å². The second-order valence-electron chi connectivity index (χ2n) is 7.09. The lowest BCUT2D eigenvalue weighted by atomic mass is 10.0. The molecule has 0 aliphatic carbocycles. The molecule has 0 radical (unpaired) electrons. The van der Waals surface area contributed by atoms with Crippen molar-refractivity contribution in [1.29, 1.82) is 0 Å². The summed E-state index contributed by atoms with van der Waals surface area (Å²) in [7, 11) is 0. The zero-order valence-electron chi connectivity index (χ0n) is 15.6. The van der Waals surface area contributed by atoms with Crippen LogP contribution in [0.1, 0.15) is 104 Å². The van der Waals surface area contributed by atoms with Crippen molar-refractivity contribution in [2.24, 2.45) is 0 Å². The van der Waals surface area contributed by atoms with Crippen LogP contribution < -0.4 is 5.32 Å². The quantitative estimate of drug-likeness (QED) is 0.344. The van der Waals surface area contributed by atoms with Crippen LogP contribution in [0.4, 0.5) is 0 Å². The molecule has 1 aliphatic rings. The Hall–Kier alpha value is -0.570. The van der Waals surface area contributed by atoms with Crippen LogP contribution in [0, 0.1) is 0 Å². The maximum Gasteiger partial charge on any atom is 0.323 e. The van der Waals surface area contributed by atoms with Gasteiger partial charge in [0, 0.05) is 0 Å². The van der Waals surface area contributed by atoms with Crippen molar-refractivity contribution in [2.45, 2.75) is 116 Å². The van der Waals surface area contributed by atoms with Gasteiger partial charge in [-0.2, -0.15) is 0 Å². The molecule has 0 amide bonds. The van der Waals surface area contributed by atoms with Gasteiger partial charge in [-0.05, 0) is 38.6 Å². The smallest absolute Gasteiger partial charge is 0.323 e. The van der Waals surface area contributed by atoms with E-state index in [2.05, 4.69) is 19.2 Å². The molecule has 0 aromatic carbocycles. The highest BCUT2D eigenvalue weighted by atomic mass is 16.5. The lowest BCUT2D eigenvalue weighted by Gasteiger charge is -2.18. The van der Waals surface area contributed by atoms with Gasteiger partial charge in [-0.1, -0.05) is 71.6 Å². The molecule has 1 saturated heterocycles. The zero-order valence-corrected chi connectivity index (χ0v) is 15.6. The van der Waals surface area contributed by atoms with Gasteiger partial charge < -0.3 is 10.1 Å². The summed E-state index contributed by atoms with van der Waals surface area (Å²) in [4.78, 5) is 12.0. The van der Waals surface area contributed by atoms with Crippen molar-refractivity contribution in [3.8, 4) is 0 Å². The summed E-state index contributed by atoms with van der Waals surface area (Å²) in [5, 5.41) is 3.22. The standard InChI is InChI=1S/C20H39NO2/c1-3-5-6-7-8-9-10-11-12-13-15-18(4-2)23-20(22)19-16-14-17-21-19/h18-19,21H,3-17H2,1-2H3. The number of hydrogen-bond donors (Lipinski definition) is 1. The Balaban J connectivity index is 1.94. The van der Waals surface area contributed by atoms with Crippen molar-refractivity contribution in [3.05, 3.63) is 0 Å². The molecule has 0 saturated carbocycles. The largest absolute Gasteiger partial charge is 0.461 e. The summed E-state index contributed by atoms with van der Waals surface area (Å²) in [6.45, 7) is 5.34. The molecule has 1 aliphatic heterocycles. The van der Waals surface area contributed by atoms with Crippen molar-refractivity contribution in [2.75, 3.05) is 6.54 Å². The maximum absolute atomic E-state index is 12.0. The molecule has 1 N–H and O–H groups in total. The first-order chi connectivity index (χ1) is 11.3. The van der Waals surface area contributed by atoms with E-state index in [9.17, 15) is 4.79 Å². The van der Waals surface area contributed by atoms with Crippen LogP contribution in [0.5, 0.6) is 0 Å². The van der Waals surface area contributed by atoms with Gasteiger partial charge in [0.25, 0.3) is 0 Å². The van der Waals surface area contributed by atoms with Crippen molar-refractivity contribution in [1.82, 2.24) is 5.32 Å². The predicted molar refractivity (Wildman–Crippen MR) is 97.7 cm³/mol. The Morgan fingerprint density at radius 3 is 2.13 bits per heavy atom. The lowest BCUT2D eigenvalue weighted by molar-refractivity contribution is -0.151. The van der Waals surface area contributed by atoms with Crippen LogP contribution in [-0.4, -0.2) is 24.7 Å². The third kappa shape index (κ3) is 10.0. The normalized spacial score (nSPS) is 19.0. The molecule has 0 aromatic rings. The first-order valence-corrected chi connectivity index (χ1v) is 10.2. The fourth-order valence-corrected chi connectivity index (χ4v) is 3.34. The van der Waals surface area contributed by atoms with Crippen LogP contribution >= 0.6 is 0 Å². The monoisotopic (exact) mass is 325 g/mol. The SMILES string of the molecule is CCCCCCCCCCCCC(CC)OC(=O)C1CCCN1. The molecule has 0 spiro atoms. The van der Waals surface area contributed by atoms with Crippen molar-refractivity contribution < 1.29 is 9.53 Å². The lowest BCUT2D eigenvalue weighted by Crippen LogP contribution is -2.34. The molecular formula is C20H39NO2. The van der Waals surface area contributed by atoms with Crippen LogP contribution in [-0.2, 0) is 9.53 Å². The third-order valence-electron chi connectivity index (χ3n) is 4.96. The minimum absolute atomic E-state index is 0.0265. The predicted octanol–water partition coefficient (Wildman–Crippen LogP) is 5.37. The Kier molecular flexibility index (Phi) is 12.3. The van der Waals surface area contributed by atoms with Crippen LogP contribution in [0.3, 0.4) is 0 Å². The number of rotatable bonds is 14. The molecule has 2 atom stereocenters. The van der Waals surface area contributed by atoms with Gasteiger partial charge in [0.1, 0.15) is 12.1 Å². The number of carbonyl (C=O) groups excluding carboxylic acids is 1. The molecule has 0 aromatic heterocycles. The van der Waals surface area contributed by atoms with E-state index in [1.807, 2.05) is 0 Å². The highest BCUT2D eigenvalue weighted by Crippen LogP contribution is 2.16. The highest BCUT2D eigenvalue weighted by Gasteiger charge is 2.25. The number of esters is 1. The average molecular weight is 326 g/mol. The Morgan fingerprint density at radius 2 is 1.61 bits per heavy atom. The molecule has 1 fully saturated rings. The van der Waals surface area contributed by atoms with Gasteiger partial charge in [-0.15, -0.1) is 0 Å². The number of nitrogens with one attached hydrogen (secondary N) is 1. The van der Waals surface area contributed by atoms with E-state index in [0.29, 0.717) is 0 Å². The molecule has 2 unspecified atom stereocenters. The average Bonchev–Trinajstić information content (AvgIpc) is 3.10. The van der Waals surface area contributed by atoms with Gasteiger partial charge >= 0.3 is 5.97 Å². The fourth-order valence-electron chi connectivity index (χ4n) is 3.34. The number of unbranched alkanes of at least 4 members (excludes halogenated alkanes) is 9. The van der Waals surface area contributed by atoms with Gasteiger partial charge in [0.15, 0.2) is 0 Å². The summed E-state index contributed by atoms with van der Waals surface area (Å²) < 4.78 is 5.66. The van der Waals surface area contributed by atoms with E-state index in [0.717, 1.165) is 32.2 Å². The van der Waals surface area contributed by atoms with Gasteiger partial charge in [0.2, 0.25) is 0 Å². The number of carbonyl (C=O) groups is 1. The van der Waals surface area contributed by atoms with Crippen molar-refractivity contribution >= 4 is 5.97 Å². The number of hydrogen-bond acceptors (Lipinski definition) is 3. The summed E-state index contributed by atoms with van der Waals surface area (Å²) >= 11 is 0. The van der Waals surface area contributed by atoms with Crippen LogP contribution in [0.2, 0.25) is 0 Å². The summed E-state index contributed by atoms with van der Waals surface area (Å²) in [5.74, 6) is -0.0265. The van der Waals surface area contributed by atoms with Gasteiger partial charge in [-0.25, -0.2) is 0 Å². The van der Waals surface area contributed by atoms with E-state index in [4.69, 9.17) is 4.74 Å². The second kappa shape index (κ2) is 13.8. The Labute approximate surface area is 143 Å². The maximum atomic E-state index is 12.0. The van der Waals surface area contributed by atoms with Crippen LogP contribution in [0.15, 0.2) is 0 Å². The topological polar surface area (TPSA) is 38.3 Å². The molecule has 0 bridgehead atoms. The van der Waals surface area contributed by atoms with E-state index in [1.54, 1.807) is 0 Å². The summed E-state index contributed by atoms with van der Waals surface area (Å²) in [6, 6.07) is -0.0447. The minimum Gasteiger partial charge on any atom is -0.461 e. The molecule has 1 heterocycles. The molecule has 3 heteroatoms. The molecule has 23 heavy (non-hydrogen) atoms. The van der Waals surface area contributed by atoms with E-state index in [-0.39, 0.29) is 18.1 Å². The highest BCUT2D eigenvalue weighted by molar-refractivity contribution is 5.76. The minimum atomic E-state index is -0.0447. The van der Waals surface area contributed by atoms with E-state index >= 15 is 0 Å². The summed E-state index contributed by atoms with van der Waals surface area (Å²) in [5.41, 5.74) is 0. The van der Waals surface area contributed by atoms with E-state index in [1.165, 1.54) is 64.2 Å². The third-order valence-corrected chi connectivity index (χ3v) is 4.96.